The van der Waals surface area contributed by atoms with Crippen LogP contribution in [0, 0.1) is 0 Å². The predicted octanol–water partition coefficient (Wildman–Crippen LogP) is 32.2. The first-order chi connectivity index (χ1) is 63.7. The molecule has 5 aliphatic rings. The number of ether oxygens (including phenoxy) is 11. The second-order valence-corrected chi connectivity index (χ2v) is 35.5. The van der Waals surface area contributed by atoms with E-state index in [-0.39, 0.29) is 0 Å². The van der Waals surface area contributed by atoms with E-state index in [1.807, 2.05) is 6.08 Å². The molecule has 0 aromatic heterocycles. The number of benzene rings is 4. The summed E-state index contributed by atoms with van der Waals surface area (Å²) in [5.41, 5.74) is 12.4. The molecule has 0 atom stereocenters. The quantitative estimate of drug-likeness (QED) is 0.0307. The van der Waals surface area contributed by atoms with Crippen LogP contribution in [-0.4, -0.2) is 102 Å². The highest BCUT2D eigenvalue weighted by Crippen LogP contribution is 2.49. The van der Waals surface area contributed by atoms with Crippen molar-refractivity contribution in [3.63, 3.8) is 0 Å². The van der Waals surface area contributed by atoms with Gasteiger partial charge < -0.3 is 52.1 Å². The molecule has 0 fully saturated rings. The molecular formula is C114H166N4O11. The average Bonchev–Trinajstić information content (AvgIpc) is 1.62. The molecule has 0 N–H and O–H groups in total. The molecule has 0 amide bonds. The molecule has 5 heterocycles. The van der Waals surface area contributed by atoms with Crippen LogP contribution in [0.4, 0.5) is 0 Å². The fraction of sp³-hybridized carbons (Fsp3) is 0.596. The fourth-order valence-electron chi connectivity index (χ4n) is 16.8. The fourth-order valence-corrected chi connectivity index (χ4v) is 16.8. The Kier molecular flexibility index (Phi) is 51.0. The first kappa shape index (κ1) is 104. The Balaban J connectivity index is 1.30. The molecule has 0 aliphatic carbocycles. The van der Waals surface area contributed by atoms with Gasteiger partial charge in [-0.2, -0.15) is 0 Å². The molecule has 9 rings (SSSR count). The SMILES string of the molecule is C=CCCOCCCCCCCCCCCCOc1ccc(C2=C3C=CC(=N3)C(c3cc(OCCCCCC)c(OCCCCCC)c(OCCCCCC)c3)=C3C=CC(=N3)C(c3cc(OCCCCCC)c(OCCCCCC)c(OCCCCCC)c3)=C3C=CC(=N3)C(c3cc(OCCCCCC)c(OCCCCCC)c(OCCCCCC)c3)=C3C=CC2=N3)cc1. The van der Waals surface area contributed by atoms with Crippen molar-refractivity contribution in [3.05, 3.63) is 167 Å². The van der Waals surface area contributed by atoms with E-state index in [9.17, 15) is 0 Å². The van der Waals surface area contributed by atoms with Crippen LogP contribution in [0.1, 0.15) is 386 Å². The van der Waals surface area contributed by atoms with Crippen LogP contribution in [0.15, 0.2) is 165 Å². The summed E-state index contributed by atoms with van der Waals surface area (Å²) in [4.78, 5) is 23.7. The summed E-state index contributed by atoms with van der Waals surface area (Å²) in [7, 11) is 0. The molecular weight excluding hydrogens is 1600 g/mol. The number of allylic oxidation sites excluding steroid dienone is 12. The predicted molar refractivity (Wildman–Crippen MR) is 544 cm³/mol. The monoisotopic (exact) mass is 1770 g/mol. The molecule has 708 valence electrons. The van der Waals surface area contributed by atoms with Gasteiger partial charge in [-0.25, -0.2) is 20.0 Å². The maximum absolute atomic E-state index is 7.10. The minimum atomic E-state index is 0.517. The van der Waals surface area contributed by atoms with E-state index < -0.39 is 0 Å². The van der Waals surface area contributed by atoms with Crippen molar-refractivity contribution in [2.45, 2.75) is 364 Å². The van der Waals surface area contributed by atoms with Gasteiger partial charge in [0, 0.05) is 35.5 Å². The minimum Gasteiger partial charge on any atom is -0.494 e. The van der Waals surface area contributed by atoms with E-state index in [1.165, 1.54) is 44.9 Å². The van der Waals surface area contributed by atoms with E-state index in [4.69, 9.17) is 72.1 Å². The lowest BCUT2D eigenvalue weighted by Crippen LogP contribution is -2.09. The largest absolute Gasteiger partial charge is 0.494 e. The van der Waals surface area contributed by atoms with Crippen LogP contribution in [0.25, 0.3) is 22.3 Å². The zero-order chi connectivity index (χ0) is 90.8. The Labute approximate surface area is 780 Å². The zero-order valence-corrected chi connectivity index (χ0v) is 81.7. The van der Waals surface area contributed by atoms with Gasteiger partial charge >= 0.3 is 0 Å². The lowest BCUT2D eigenvalue weighted by molar-refractivity contribution is 0.134. The molecule has 4 aromatic rings. The highest BCUT2D eigenvalue weighted by atomic mass is 16.6. The zero-order valence-electron chi connectivity index (χ0n) is 81.7. The summed E-state index contributed by atoms with van der Waals surface area (Å²) in [6.45, 7) is 31.1. The van der Waals surface area contributed by atoms with Crippen molar-refractivity contribution in [1.29, 1.82) is 0 Å². The third kappa shape index (κ3) is 35.7. The highest BCUT2D eigenvalue weighted by molar-refractivity contribution is 6.40. The van der Waals surface area contributed by atoms with Gasteiger partial charge in [0.2, 0.25) is 17.2 Å². The Morgan fingerprint density at radius 2 is 0.426 bits per heavy atom. The van der Waals surface area contributed by atoms with Gasteiger partial charge in [-0.05, 0) is 196 Å². The molecule has 129 heavy (non-hydrogen) atoms. The molecule has 15 nitrogen and oxygen atoms in total. The molecule has 0 saturated heterocycles. The second kappa shape index (κ2) is 63.3. The Hall–Kier alpha value is -8.82. The molecule has 5 aliphatic heterocycles. The number of fused-ring (bicyclic) bond motifs is 4. The number of nitrogens with zero attached hydrogens (tertiary/aromatic N) is 4. The average molecular weight is 1770 g/mol. The van der Waals surface area contributed by atoms with E-state index in [0.717, 1.165) is 343 Å². The van der Waals surface area contributed by atoms with Crippen molar-refractivity contribution < 1.29 is 52.1 Å². The van der Waals surface area contributed by atoms with Crippen molar-refractivity contribution in [2.24, 2.45) is 20.0 Å². The first-order valence-electron chi connectivity index (χ1n) is 51.9. The maximum Gasteiger partial charge on any atom is 0.203 e. The molecule has 0 unspecified atom stereocenters. The summed E-state index contributed by atoms with van der Waals surface area (Å²) in [6.07, 6.45) is 70.2. The molecule has 8 bridgehead atoms. The van der Waals surface area contributed by atoms with Gasteiger partial charge in [0.1, 0.15) is 5.75 Å². The van der Waals surface area contributed by atoms with Crippen molar-refractivity contribution >= 4 is 45.1 Å². The molecule has 0 radical (unpaired) electrons. The summed E-state index contributed by atoms with van der Waals surface area (Å²) >= 11 is 0. The topological polar surface area (TPSA) is 151 Å². The van der Waals surface area contributed by atoms with Crippen LogP contribution < -0.4 is 47.4 Å². The normalized spacial score (nSPS) is 13.9. The standard InChI is InChI=1S/C114H166N4O11/c1-11-21-31-49-74-121-102-83-90(84-103(122-75-50-32-22-12-2)112(102)127-80-55-37-27-17-7)109-96-65-63-94(115-96)108(89-59-61-93(62-60-89)120-73-58-47-45-43-41-40-42-44-46-48-72-119-71-30-20-10)95-64-66-97(116-95)110(91-85-104(123-76-51-33-23-13-3)113(128-81-56-38-28-18-8)105(86-91)124-77-52-34-24-14-4)99-68-70-101(118-99)111(100-69-67-98(109)117-100)92-87-106(125-78-53-35-25-15-5)114(129-82-57-39-29-19-9)107(88-92)126-79-54-36-26-16-6/h20,59-70,83-88H,10-19,21-58,71-82H2,1-9H3. The lowest BCUT2D eigenvalue weighted by Gasteiger charge is -2.21. The molecule has 0 saturated carbocycles. The molecule has 4 aromatic carbocycles. The third-order valence-corrected chi connectivity index (χ3v) is 24.4. The Morgan fingerprint density at radius 3 is 0.667 bits per heavy atom. The maximum atomic E-state index is 7.10. The van der Waals surface area contributed by atoms with Gasteiger partial charge in [-0.15, -0.1) is 6.58 Å². The smallest absolute Gasteiger partial charge is 0.203 e. The van der Waals surface area contributed by atoms with Crippen LogP contribution in [-0.2, 0) is 4.74 Å². The number of aliphatic imine (C=N–C) groups is 4. The van der Waals surface area contributed by atoms with E-state index >= 15 is 0 Å². The van der Waals surface area contributed by atoms with Crippen LogP contribution >= 0.6 is 0 Å². The lowest BCUT2D eigenvalue weighted by atomic mass is 9.97. The summed E-state index contributed by atoms with van der Waals surface area (Å²) < 4.78 is 75.7. The molecule has 15 heteroatoms. The van der Waals surface area contributed by atoms with Gasteiger partial charge in [-0.3, -0.25) is 0 Å². The van der Waals surface area contributed by atoms with Crippen LogP contribution in [0.3, 0.4) is 0 Å². The van der Waals surface area contributed by atoms with Crippen LogP contribution in [0.5, 0.6) is 57.5 Å². The summed E-state index contributed by atoms with van der Waals surface area (Å²) in [5, 5.41) is 0. The van der Waals surface area contributed by atoms with Gasteiger partial charge in [0.25, 0.3) is 0 Å². The number of rotatable bonds is 75. The summed E-state index contributed by atoms with van der Waals surface area (Å²) in [5.74, 6) is 6.58. The van der Waals surface area contributed by atoms with Crippen molar-refractivity contribution in [1.82, 2.24) is 0 Å². The van der Waals surface area contributed by atoms with Gasteiger partial charge in [-0.1, -0.05) is 305 Å². The minimum absolute atomic E-state index is 0.517. The Morgan fingerprint density at radius 1 is 0.217 bits per heavy atom. The summed E-state index contributed by atoms with van der Waals surface area (Å²) in [6, 6.07) is 21.5. The number of hydrogen-bond acceptors (Lipinski definition) is 15. The first-order valence-corrected chi connectivity index (χ1v) is 51.9. The van der Waals surface area contributed by atoms with Crippen LogP contribution in [0.2, 0.25) is 0 Å². The van der Waals surface area contributed by atoms with Gasteiger partial charge in [0.05, 0.1) is 112 Å². The number of unbranched alkanes of at least 4 members (excludes halogenated alkanes) is 36. The number of hydrogen-bond donors (Lipinski definition) is 0. The van der Waals surface area contributed by atoms with E-state index in [1.54, 1.807) is 0 Å². The van der Waals surface area contributed by atoms with Crippen molar-refractivity contribution in [3.8, 4) is 57.5 Å². The van der Waals surface area contributed by atoms with Crippen molar-refractivity contribution in [2.75, 3.05) is 79.3 Å². The van der Waals surface area contributed by atoms with E-state index in [2.05, 4.69) is 178 Å². The van der Waals surface area contributed by atoms with Gasteiger partial charge in [0.15, 0.2) is 34.5 Å². The van der Waals surface area contributed by atoms with E-state index in [0.29, 0.717) is 141 Å². The second-order valence-electron chi connectivity index (χ2n) is 35.5. The third-order valence-electron chi connectivity index (χ3n) is 24.4. The molecule has 0 spiro atoms. The highest BCUT2D eigenvalue weighted by Gasteiger charge is 2.32. The Bertz CT molecular complexity index is 4150.